The molecule has 0 atom stereocenters. The lowest BCUT2D eigenvalue weighted by atomic mass is 9.86. The zero-order chi connectivity index (χ0) is 24.9. The molecule has 3 amide bonds. The summed E-state index contributed by atoms with van der Waals surface area (Å²) in [7, 11) is 0. The fourth-order valence-corrected chi connectivity index (χ4v) is 3.83. The Bertz CT molecular complexity index is 1090. The monoisotopic (exact) mass is 516 g/mol. The molecule has 3 rings (SSSR count). The summed E-state index contributed by atoms with van der Waals surface area (Å²) in [5.74, 6) is -6.54. The van der Waals surface area contributed by atoms with Gasteiger partial charge in [-0.2, -0.15) is 0 Å². The molecule has 12 heteroatoms. The zero-order valence-corrected chi connectivity index (χ0v) is 19.3. The van der Waals surface area contributed by atoms with Crippen molar-refractivity contribution in [3.8, 4) is 0 Å². The minimum absolute atomic E-state index is 0.0502. The van der Waals surface area contributed by atoms with Gasteiger partial charge in [-0.1, -0.05) is 23.2 Å². The van der Waals surface area contributed by atoms with Gasteiger partial charge < -0.3 is 21.3 Å². The van der Waals surface area contributed by atoms with Crippen LogP contribution in [0.3, 0.4) is 0 Å². The third-order valence-electron chi connectivity index (χ3n) is 5.39. The van der Waals surface area contributed by atoms with Gasteiger partial charge in [0.15, 0.2) is 17.5 Å². The van der Waals surface area contributed by atoms with E-state index in [1.165, 1.54) is 0 Å². The van der Waals surface area contributed by atoms with Gasteiger partial charge in [0.25, 0.3) is 11.8 Å². The second-order valence-electron chi connectivity index (χ2n) is 7.65. The summed E-state index contributed by atoms with van der Waals surface area (Å²) in [6, 6.07) is 6.65. The minimum Gasteiger partial charge on any atom is -0.352 e. The molecule has 0 aromatic heterocycles. The maximum atomic E-state index is 14.3. The summed E-state index contributed by atoms with van der Waals surface area (Å²) in [5, 5.41) is 10.1. The Morgan fingerprint density at radius 2 is 1.53 bits per heavy atom. The van der Waals surface area contributed by atoms with Crippen LogP contribution in [-0.4, -0.2) is 49.4 Å². The van der Waals surface area contributed by atoms with Crippen LogP contribution in [0.25, 0.3) is 0 Å². The summed E-state index contributed by atoms with van der Waals surface area (Å²) < 4.78 is 41.5. The Morgan fingerprint density at radius 1 is 0.912 bits per heavy atom. The van der Waals surface area contributed by atoms with Crippen molar-refractivity contribution in [3.63, 3.8) is 0 Å². The predicted molar refractivity (Wildman–Crippen MR) is 120 cm³/mol. The van der Waals surface area contributed by atoms with Crippen LogP contribution >= 0.6 is 23.2 Å². The fraction of sp³-hybridized carbons (Fsp3) is 0.318. The average molecular weight is 517 g/mol. The Kier molecular flexibility index (Phi) is 8.40. The highest BCUT2D eigenvalue weighted by Crippen LogP contribution is 2.26. The first-order chi connectivity index (χ1) is 16.1. The number of amides is 3. The Hall–Kier alpha value is -2.82. The molecular weight excluding hydrogens is 496 g/mol. The number of benzene rings is 2. The van der Waals surface area contributed by atoms with Gasteiger partial charge in [0.1, 0.15) is 10.6 Å². The lowest BCUT2D eigenvalue weighted by Gasteiger charge is -2.37. The minimum atomic E-state index is -1.61. The molecular formula is C22H21Cl2F3N4O3. The molecule has 1 aliphatic rings. The number of hydrogen-bond donors (Lipinski definition) is 4. The topological polar surface area (TPSA) is 99.3 Å². The third kappa shape index (κ3) is 5.81. The van der Waals surface area contributed by atoms with Crippen molar-refractivity contribution >= 4 is 40.9 Å². The van der Waals surface area contributed by atoms with E-state index in [-0.39, 0.29) is 31.8 Å². The quantitative estimate of drug-likeness (QED) is 0.258. The smallest absolute Gasteiger partial charge is 0.255 e. The average Bonchev–Trinajstić information content (AvgIpc) is 2.83. The van der Waals surface area contributed by atoms with Crippen molar-refractivity contribution in [2.24, 2.45) is 0 Å². The van der Waals surface area contributed by atoms with E-state index in [0.29, 0.717) is 29.7 Å². The molecule has 0 saturated carbocycles. The van der Waals surface area contributed by atoms with Crippen LogP contribution in [0.4, 0.5) is 13.2 Å². The maximum absolute atomic E-state index is 14.3. The molecule has 2 aromatic rings. The number of rotatable bonds is 7. The number of piperidine rings is 1. The van der Waals surface area contributed by atoms with Gasteiger partial charge >= 0.3 is 0 Å². The zero-order valence-electron chi connectivity index (χ0n) is 17.7. The summed E-state index contributed by atoms with van der Waals surface area (Å²) in [6.45, 7) is 0.904. The van der Waals surface area contributed by atoms with E-state index in [9.17, 15) is 27.6 Å². The lowest BCUT2D eigenvalue weighted by molar-refractivity contribution is -0.128. The molecule has 182 valence electrons. The van der Waals surface area contributed by atoms with Gasteiger partial charge in [0.2, 0.25) is 5.91 Å². The molecule has 2 aromatic carbocycles. The van der Waals surface area contributed by atoms with Crippen LogP contribution in [0, 0.1) is 17.5 Å². The van der Waals surface area contributed by atoms with Crippen molar-refractivity contribution in [3.05, 3.63) is 69.0 Å². The normalized spacial score (nSPS) is 14.9. The van der Waals surface area contributed by atoms with Gasteiger partial charge in [-0.25, -0.2) is 13.2 Å². The summed E-state index contributed by atoms with van der Waals surface area (Å²) in [4.78, 5) is 37.8. The third-order valence-corrected chi connectivity index (χ3v) is 5.98. The second-order valence-corrected chi connectivity index (χ2v) is 8.47. The van der Waals surface area contributed by atoms with Crippen molar-refractivity contribution in [2.75, 3.05) is 26.2 Å². The van der Waals surface area contributed by atoms with Gasteiger partial charge in [-0.05, 0) is 56.3 Å². The highest BCUT2D eigenvalue weighted by atomic mass is 35.5. The Labute approximate surface area is 203 Å². The molecule has 0 bridgehead atoms. The second kappa shape index (κ2) is 11.1. The first-order valence-corrected chi connectivity index (χ1v) is 11.1. The van der Waals surface area contributed by atoms with Gasteiger partial charge in [-0.3, -0.25) is 14.4 Å². The van der Waals surface area contributed by atoms with Crippen LogP contribution in [-0.2, 0) is 4.79 Å². The van der Waals surface area contributed by atoms with Crippen molar-refractivity contribution in [2.45, 2.75) is 18.4 Å². The van der Waals surface area contributed by atoms with Crippen molar-refractivity contribution in [1.82, 2.24) is 21.3 Å². The molecule has 1 aliphatic heterocycles. The van der Waals surface area contributed by atoms with Gasteiger partial charge in [0, 0.05) is 23.7 Å². The van der Waals surface area contributed by atoms with E-state index < -0.39 is 45.4 Å². The van der Waals surface area contributed by atoms with Crippen LogP contribution in [0.1, 0.15) is 33.6 Å². The van der Waals surface area contributed by atoms with Crippen LogP contribution < -0.4 is 21.3 Å². The van der Waals surface area contributed by atoms with Crippen molar-refractivity contribution < 1.29 is 27.6 Å². The van der Waals surface area contributed by atoms with Crippen LogP contribution in [0.5, 0.6) is 0 Å². The van der Waals surface area contributed by atoms with Crippen molar-refractivity contribution in [1.29, 1.82) is 0 Å². The first-order valence-electron chi connectivity index (χ1n) is 10.3. The van der Waals surface area contributed by atoms with Gasteiger partial charge in [-0.15, -0.1) is 0 Å². The van der Waals surface area contributed by atoms with E-state index in [1.54, 1.807) is 24.3 Å². The number of carbonyl (C=O) groups is 3. The molecule has 1 heterocycles. The molecule has 4 N–H and O–H groups in total. The molecule has 0 radical (unpaired) electrons. The van der Waals surface area contributed by atoms with E-state index >= 15 is 0 Å². The predicted octanol–water partition coefficient (Wildman–Crippen LogP) is 2.81. The SMILES string of the molecule is O=C(NCCNC(=O)C1(NC(=O)c2cc(F)c(F)c(Cl)c2F)CCNCC1)c1ccc(Cl)cc1. The Balaban J connectivity index is 1.64. The highest BCUT2D eigenvalue weighted by molar-refractivity contribution is 6.31. The maximum Gasteiger partial charge on any atom is 0.255 e. The molecule has 7 nitrogen and oxygen atoms in total. The van der Waals surface area contributed by atoms with Crippen LogP contribution in [0.15, 0.2) is 30.3 Å². The molecule has 1 saturated heterocycles. The summed E-state index contributed by atoms with van der Waals surface area (Å²) in [6.07, 6.45) is 0.335. The van der Waals surface area contributed by atoms with Gasteiger partial charge in [0.05, 0.1) is 5.56 Å². The van der Waals surface area contributed by atoms with E-state index in [4.69, 9.17) is 23.2 Å². The molecule has 1 fully saturated rings. The van der Waals surface area contributed by atoms with Crippen LogP contribution in [0.2, 0.25) is 10.0 Å². The molecule has 0 spiro atoms. The fourth-order valence-electron chi connectivity index (χ4n) is 3.51. The number of hydrogen-bond acceptors (Lipinski definition) is 4. The number of nitrogens with one attached hydrogen (secondary N) is 4. The first kappa shape index (κ1) is 25.8. The van der Waals surface area contributed by atoms with E-state index in [2.05, 4.69) is 21.3 Å². The molecule has 0 unspecified atom stereocenters. The Morgan fingerprint density at radius 3 is 2.18 bits per heavy atom. The summed E-state index contributed by atoms with van der Waals surface area (Å²) in [5.41, 5.74) is -1.85. The molecule has 34 heavy (non-hydrogen) atoms. The summed E-state index contributed by atoms with van der Waals surface area (Å²) >= 11 is 11.2. The van der Waals surface area contributed by atoms with E-state index in [0.717, 1.165) is 0 Å². The standard InChI is InChI=1S/C22H21Cl2F3N4O3/c23-13-3-1-12(2-4-13)19(32)29-9-10-30-21(34)22(5-7-28-8-6-22)31-20(33)14-11-15(25)18(27)16(24)17(14)26/h1-4,11,28H,5-10H2,(H,29,32)(H,30,34)(H,31,33). The largest absolute Gasteiger partial charge is 0.352 e. The lowest BCUT2D eigenvalue weighted by Crippen LogP contribution is -2.63. The highest BCUT2D eigenvalue weighted by Gasteiger charge is 2.41. The number of halogens is 5. The van der Waals surface area contributed by atoms with E-state index in [1.807, 2.05) is 0 Å². The molecule has 0 aliphatic carbocycles. The number of carbonyl (C=O) groups excluding carboxylic acids is 3.